The van der Waals surface area contributed by atoms with Gasteiger partial charge < -0.3 is 19.3 Å². The summed E-state index contributed by atoms with van der Waals surface area (Å²) in [5, 5.41) is 10.0. The first-order valence-corrected chi connectivity index (χ1v) is 7.86. The fourth-order valence-corrected chi connectivity index (χ4v) is 2.32. The van der Waals surface area contributed by atoms with E-state index in [0.717, 1.165) is 6.54 Å². The Bertz CT molecular complexity index is 368. The molecule has 1 N–H and O–H groups in total. The summed E-state index contributed by atoms with van der Waals surface area (Å²) in [4.78, 5) is 2.13. The van der Waals surface area contributed by atoms with Crippen LogP contribution in [-0.2, 0) is 20.8 Å². The number of aliphatic hydroxyl groups excluding tert-OH is 1. The van der Waals surface area contributed by atoms with Gasteiger partial charge in [-0.15, -0.1) is 0 Å². The highest BCUT2D eigenvalue weighted by molar-refractivity contribution is 5.14. The van der Waals surface area contributed by atoms with Crippen LogP contribution < -0.4 is 0 Å². The second-order valence-electron chi connectivity index (χ2n) is 5.13. The summed E-state index contributed by atoms with van der Waals surface area (Å²) in [6, 6.07) is 10.2. The van der Waals surface area contributed by atoms with Crippen molar-refractivity contribution in [2.24, 2.45) is 0 Å². The average Bonchev–Trinajstić information content (AvgIpc) is 2.49. The first-order valence-electron chi connectivity index (χ1n) is 7.86. The third kappa shape index (κ3) is 7.87. The number of nitrogens with zero attached hydrogens (tertiary/aromatic N) is 1. The van der Waals surface area contributed by atoms with Crippen LogP contribution in [0.1, 0.15) is 19.4 Å². The fraction of sp³-hybridized carbons (Fsp3) is 0.647. The number of methoxy groups -OCH3 is 1. The summed E-state index contributed by atoms with van der Waals surface area (Å²) in [5.74, 6) is 0. The zero-order valence-corrected chi connectivity index (χ0v) is 13.9. The highest BCUT2D eigenvalue weighted by atomic mass is 16.7. The molecular weight excluding hydrogens is 282 g/mol. The van der Waals surface area contributed by atoms with Crippen molar-refractivity contribution in [1.82, 2.24) is 4.90 Å². The lowest BCUT2D eigenvalue weighted by atomic mass is 10.2. The highest BCUT2D eigenvalue weighted by Crippen LogP contribution is 2.08. The normalized spacial score (nSPS) is 13.0. The van der Waals surface area contributed by atoms with Gasteiger partial charge in [-0.05, 0) is 19.4 Å². The zero-order chi connectivity index (χ0) is 16.2. The minimum Gasteiger partial charge on any atom is -0.389 e. The maximum absolute atomic E-state index is 10.0. The topological polar surface area (TPSA) is 51.2 Å². The van der Waals surface area contributed by atoms with E-state index in [9.17, 15) is 5.11 Å². The van der Waals surface area contributed by atoms with Crippen molar-refractivity contribution < 1.29 is 19.3 Å². The zero-order valence-electron chi connectivity index (χ0n) is 13.9. The van der Waals surface area contributed by atoms with E-state index >= 15 is 0 Å². The molecule has 0 aliphatic carbocycles. The summed E-state index contributed by atoms with van der Waals surface area (Å²) in [6.07, 6.45) is -0.814. The number of rotatable bonds is 12. The quantitative estimate of drug-likeness (QED) is 0.598. The first kappa shape index (κ1) is 19.1. The average molecular weight is 311 g/mol. The van der Waals surface area contributed by atoms with Gasteiger partial charge in [0, 0.05) is 40.0 Å². The Morgan fingerprint density at radius 3 is 2.23 bits per heavy atom. The van der Waals surface area contributed by atoms with Crippen LogP contribution in [0.4, 0.5) is 0 Å². The molecule has 0 aromatic heterocycles. The number of aliphatic hydroxyl groups is 1. The number of ether oxygens (including phenoxy) is 3. The summed E-state index contributed by atoms with van der Waals surface area (Å²) < 4.78 is 16.2. The molecule has 0 bridgehead atoms. The molecule has 22 heavy (non-hydrogen) atoms. The fourth-order valence-electron chi connectivity index (χ4n) is 2.32. The molecule has 5 heteroatoms. The molecule has 0 heterocycles. The van der Waals surface area contributed by atoms with Crippen molar-refractivity contribution in [3.05, 3.63) is 35.9 Å². The summed E-state index contributed by atoms with van der Waals surface area (Å²) in [6.45, 7) is 7.28. The van der Waals surface area contributed by atoms with Gasteiger partial charge in [0.1, 0.15) is 0 Å². The van der Waals surface area contributed by atoms with Gasteiger partial charge in [-0.2, -0.15) is 0 Å². The lowest BCUT2D eigenvalue weighted by molar-refractivity contribution is -0.150. The van der Waals surface area contributed by atoms with Crippen LogP contribution in [0.5, 0.6) is 0 Å². The van der Waals surface area contributed by atoms with E-state index in [-0.39, 0.29) is 6.29 Å². The van der Waals surface area contributed by atoms with E-state index in [2.05, 4.69) is 17.0 Å². The van der Waals surface area contributed by atoms with Crippen molar-refractivity contribution in [2.45, 2.75) is 32.8 Å². The van der Waals surface area contributed by atoms with E-state index in [4.69, 9.17) is 14.2 Å². The summed E-state index contributed by atoms with van der Waals surface area (Å²) in [5.41, 5.74) is 1.19. The Hall–Kier alpha value is -0.980. The van der Waals surface area contributed by atoms with E-state index in [0.29, 0.717) is 32.9 Å². The van der Waals surface area contributed by atoms with Crippen LogP contribution in [-0.4, -0.2) is 62.4 Å². The lowest BCUT2D eigenvalue weighted by Crippen LogP contribution is -2.40. The second kappa shape index (κ2) is 11.6. The minimum atomic E-state index is -0.530. The van der Waals surface area contributed by atoms with Gasteiger partial charge in [0.15, 0.2) is 6.29 Å². The van der Waals surface area contributed by atoms with Crippen LogP contribution in [0.2, 0.25) is 0 Å². The Balaban J connectivity index is 2.67. The Morgan fingerprint density at radius 1 is 1.05 bits per heavy atom. The molecule has 0 radical (unpaired) electrons. The standard InChI is InChI=1S/C17H29NO4/c1-4-21-17(22-5-2)13-18(12-16(19)14-20-3)11-15-9-7-6-8-10-15/h6-10,16-17,19H,4-5,11-14H2,1-3H3. The first-order chi connectivity index (χ1) is 10.7. The van der Waals surface area contributed by atoms with Gasteiger partial charge in [-0.25, -0.2) is 0 Å². The SMILES string of the molecule is CCOC(CN(Cc1ccccc1)CC(O)COC)OCC. The largest absolute Gasteiger partial charge is 0.389 e. The van der Waals surface area contributed by atoms with E-state index in [1.54, 1.807) is 7.11 Å². The third-order valence-electron chi connectivity index (χ3n) is 3.19. The van der Waals surface area contributed by atoms with Gasteiger partial charge in [-0.1, -0.05) is 30.3 Å². The highest BCUT2D eigenvalue weighted by Gasteiger charge is 2.18. The predicted molar refractivity (Wildman–Crippen MR) is 86.6 cm³/mol. The van der Waals surface area contributed by atoms with E-state index in [1.807, 2.05) is 32.0 Å². The molecular formula is C17H29NO4. The second-order valence-corrected chi connectivity index (χ2v) is 5.13. The molecule has 0 saturated heterocycles. The number of hydrogen-bond donors (Lipinski definition) is 1. The van der Waals surface area contributed by atoms with Crippen molar-refractivity contribution in [3.8, 4) is 0 Å². The van der Waals surface area contributed by atoms with Crippen molar-refractivity contribution in [2.75, 3.05) is 40.0 Å². The maximum atomic E-state index is 10.0. The monoisotopic (exact) mass is 311 g/mol. The van der Waals surface area contributed by atoms with Crippen molar-refractivity contribution >= 4 is 0 Å². The molecule has 5 nitrogen and oxygen atoms in total. The van der Waals surface area contributed by atoms with Gasteiger partial charge in [0.05, 0.1) is 12.7 Å². The van der Waals surface area contributed by atoms with Crippen LogP contribution in [0.3, 0.4) is 0 Å². The molecule has 1 rings (SSSR count). The molecule has 1 aromatic rings. The Morgan fingerprint density at radius 2 is 1.68 bits per heavy atom. The Labute approximate surface area is 133 Å². The molecule has 0 aliphatic heterocycles. The Kier molecular flexibility index (Phi) is 10.0. The molecule has 0 spiro atoms. The molecule has 0 aliphatic rings. The molecule has 1 unspecified atom stereocenters. The van der Waals surface area contributed by atoms with Gasteiger partial charge in [0.25, 0.3) is 0 Å². The van der Waals surface area contributed by atoms with Gasteiger partial charge >= 0.3 is 0 Å². The third-order valence-corrected chi connectivity index (χ3v) is 3.19. The number of benzene rings is 1. The number of hydrogen-bond acceptors (Lipinski definition) is 5. The van der Waals surface area contributed by atoms with Crippen LogP contribution in [0, 0.1) is 0 Å². The van der Waals surface area contributed by atoms with E-state index in [1.165, 1.54) is 5.56 Å². The molecule has 0 amide bonds. The molecule has 1 aromatic carbocycles. The van der Waals surface area contributed by atoms with E-state index < -0.39 is 6.10 Å². The predicted octanol–water partition coefficient (Wildman–Crippen LogP) is 1.90. The van der Waals surface area contributed by atoms with Crippen LogP contribution >= 0.6 is 0 Å². The summed E-state index contributed by atoms with van der Waals surface area (Å²) in [7, 11) is 1.59. The molecule has 0 saturated carbocycles. The molecule has 1 atom stereocenters. The molecule has 0 fully saturated rings. The van der Waals surface area contributed by atoms with Gasteiger partial charge in [-0.3, -0.25) is 4.90 Å². The smallest absolute Gasteiger partial charge is 0.170 e. The van der Waals surface area contributed by atoms with Crippen molar-refractivity contribution in [1.29, 1.82) is 0 Å². The van der Waals surface area contributed by atoms with Crippen molar-refractivity contribution in [3.63, 3.8) is 0 Å². The van der Waals surface area contributed by atoms with Crippen LogP contribution in [0.25, 0.3) is 0 Å². The van der Waals surface area contributed by atoms with Gasteiger partial charge in [0.2, 0.25) is 0 Å². The molecule has 126 valence electrons. The lowest BCUT2D eigenvalue weighted by Gasteiger charge is -2.29. The maximum Gasteiger partial charge on any atom is 0.170 e. The summed E-state index contributed by atoms with van der Waals surface area (Å²) >= 11 is 0. The van der Waals surface area contributed by atoms with Crippen LogP contribution in [0.15, 0.2) is 30.3 Å². The minimum absolute atomic E-state index is 0.284.